The van der Waals surface area contributed by atoms with Crippen molar-refractivity contribution in [2.75, 3.05) is 25.1 Å². The summed E-state index contributed by atoms with van der Waals surface area (Å²) in [6.07, 6.45) is 4.04. The van der Waals surface area contributed by atoms with E-state index in [1.807, 2.05) is 18.3 Å². The van der Waals surface area contributed by atoms with Gasteiger partial charge >= 0.3 is 5.97 Å². The van der Waals surface area contributed by atoms with Gasteiger partial charge in [-0.05, 0) is 43.7 Å². The molecule has 28 heavy (non-hydrogen) atoms. The van der Waals surface area contributed by atoms with Crippen LogP contribution in [0.3, 0.4) is 0 Å². The van der Waals surface area contributed by atoms with Crippen LogP contribution in [-0.4, -0.2) is 47.8 Å². The molecular formula is C22H26N4O2. The number of carbonyl (C=O) groups is 1. The largest absolute Gasteiger partial charge is 0.465 e. The molecule has 2 atom stereocenters. The highest BCUT2D eigenvalue weighted by molar-refractivity contribution is 5.89. The number of benzene rings is 1. The Morgan fingerprint density at radius 1 is 1.18 bits per heavy atom. The molecule has 0 radical (unpaired) electrons. The maximum absolute atomic E-state index is 11.6. The van der Waals surface area contributed by atoms with Gasteiger partial charge in [-0.25, -0.2) is 9.78 Å². The van der Waals surface area contributed by atoms with E-state index in [1.54, 1.807) is 12.1 Å². The van der Waals surface area contributed by atoms with Crippen molar-refractivity contribution in [2.45, 2.75) is 32.5 Å². The Kier molecular flexibility index (Phi) is 5.05. The zero-order chi connectivity index (χ0) is 19.7. The highest BCUT2D eigenvalue weighted by Crippen LogP contribution is 2.23. The van der Waals surface area contributed by atoms with Crippen molar-refractivity contribution >= 4 is 22.7 Å². The third-order valence-corrected chi connectivity index (χ3v) is 5.24. The first-order valence-corrected chi connectivity index (χ1v) is 9.66. The Labute approximate surface area is 165 Å². The number of rotatable bonds is 4. The van der Waals surface area contributed by atoms with Gasteiger partial charge in [0.1, 0.15) is 5.65 Å². The second-order valence-corrected chi connectivity index (χ2v) is 7.61. The first kappa shape index (κ1) is 18.5. The molecule has 1 N–H and O–H groups in total. The van der Waals surface area contributed by atoms with Crippen molar-refractivity contribution in [3.05, 3.63) is 59.9 Å². The summed E-state index contributed by atoms with van der Waals surface area (Å²) in [4.78, 5) is 18.7. The fraction of sp³-hybridized carbons (Fsp3) is 0.364. The summed E-state index contributed by atoms with van der Waals surface area (Å²) in [6.45, 7) is 7.13. The van der Waals surface area contributed by atoms with Crippen LogP contribution in [0.25, 0.3) is 11.0 Å². The Morgan fingerprint density at radius 2 is 1.89 bits per heavy atom. The number of carbonyl (C=O) groups excluding carboxylic acids is 1. The molecule has 1 aromatic carbocycles. The van der Waals surface area contributed by atoms with Gasteiger partial charge in [0.15, 0.2) is 0 Å². The fourth-order valence-electron chi connectivity index (χ4n) is 3.97. The highest BCUT2D eigenvalue weighted by Gasteiger charge is 2.21. The summed E-state index contributed by atoms with van der Waals surface area (Å²) in [5.74, 6) is -0.316. The van der Waals surface area contributed by atoms with Gasteiger partial charge in [-0.15, -0.1) is 0 Å². The lowest BCUT2D eigenvalue weighted by molar-refractivity contribution is 0.0600. The van der Waals surface area contributed by atoms with Gasteiger partial charge in [0.25, 0.3) is 0 Å². The third-order valence-electron chi connectivity index (χ3n) is 5.24. The number of nitrogens with one attached hydrogen (secondary N) is 1. The summed E-state index contributed by atoms with van der Waals surface area (Å²) >= 11 is 0. The number of piperazine rings is 1. The molecule has 3 heterocycles. The van der Waals surface area contributed by atoms with Gasteiger partial charge in [0.05, 0.1) is 24.6 Å². The van der Waals surface area contributed by atoms with Crippen LogP contribution < -0.4 is 10.2 Å². The van der Waals surface area contributed by atoms with E-state index in [4.69, 9.17) is 9.72 Å². The molecule has 6 heteroatoms. The smallest absolute Gasteiger partial charge is 0.337 e. The topological polar surface area (TPSA) is 59.4 Å². The number of anilines is 1. The standard InChI is InChI=1S/C22H26N4O2/c1-15-12-26(13-16(2)24-15)20-10-19-8-9-25(21(19)23-11-20)14-17-4-6-18(7-5-17)22(27)28-3/h4-11,15-16,24H,12-14H2,1-3H3. The van der Waals surface area contributed by atoms with Crippen LogP contribution in [0.15, 0.2) is 48.8 Å². The number of hydrogen-bond donors (Lipinski definition) is 1. The van der Waals surface area contributed by atoms with Gasteiger partial charge in [-0.2, -0.15) is 0 Å². The predicted molar refractivity (Wildman–Crippen MR) is 111 cm³/mol. The van der Waals surface area contributed by atoms with E-state index in [1.165, 1.54) is 12.8 Å². The number of ether oxygens (including phenoxy) is 1. The summed E-state index contributed by atoms with van der Waals surface area (Å²) in [6, 6.07) is 12.8. The lowest BCUT2D eigenvalue weighted by atomic mass is 10.1. The maximum Gasteiger partial charge on any atom is 0.337 e. The van der Waals surface area contributed by atoms with E-state index < -0.39 is 0 Å². The lowest BCUT2D eigenvalue weighted by Gasteiger charge is -2.37. The first-order valence-electron chi connectivity index (χ1n) is 9.66. The molecule has 0 spiro atoms. The summed E-state index contributed by atoms with van der Waals surface area (Å²) < 4.78 is 6.89. The second kappa shape index (κ2) is 7.64. The van der Waals surface area contributed by atoms with Crippen LogP contribution in [0, 0.1) is 0 Å². The molecule has 146 valence electrons. The van der Waals surface area contributed by atoms with Gasteiger partial charge in [-0.3, -0.25) is 0 Å². The summed E-state index contributed by atoms with van der Waals surface area (Å²) in [5.41, 5.74) is 3.82. The van der Waals surface area contributed by atoms with Crippen LogP contribution in [0.4, 0.5) is 5.69 Å². The number of hydrogen-bond acceptors (Lipinski definition) is 5. The monoisotopic (exact) mass is 378 g/mol. The molecule has 0 aliphatic carbocycles. The van der Waals surface area contributed by atoms with Crippen molar-refractivity contribution in [3.63, 3.8) is 0 Å². The first-order chi connectivity index (χ1) is 13.5. The number of aromatic nitrogens is 2. The number of methoxy groups -OCH3 is 1. The SMILES string of the molecule is COC(=O)c1ccc(Cn2ccc3cc(N4CC(C)NC(C)C4)cnc32)cc1. The van der Waals surface area contributed by atoms with E-state index in [0.29, 0.717) is 24.2 Å². The molecule has 0 amide bonds. The minimum atomic E-state index is -0.316. The number of nitrogens with zero attached hydrogens (tertiary/aromatic N) is 3. The molecule has 0 saturated carbocycles. The average molecular weight is 378 g/mol. The molecule has 1 aliphatic heterocycles. The zero-order valence-corrected chi connectivity index (χ0v) is 16.6. The third kappa shape index (κ3) is 3.73. The van der Waals surface area contributed by atoms with Crippen LogP contribution in [0.5, 0.6) is 0 Å². The molecule has 4 rings (SSSR count). The molecule has 6 nitrogen and oxygen atoms in total. The Balaban J connectivity index is 1.54. The van der Waals surface area contributed by atoms with Gasteiger partial charge < -0.3 is 19.5 Å². The zero-order valence-electron chi connectivity index (χ0n) is 16.6. The second-order valence-electron chi connectivity index (χ2n) is 7.61. The molecule has 2 aromatic heterocycles. The van der Waals surface area contributed by atoms with Gasteiger partial charge in [-0.1, -0.05) is 12.1 Å². The molecule has 3 aromatic rings. The van der Waals surface area contributed by atoms with Gasteiger partial charge in [0.2, 0.25) is 0 Å². The fourth-order valence-corrected chi connectivity index (χ4v) is 3.97. The van der Waals surface area contributed by atoms with Crippen LogP contribution in [-0.2, 0) is 11.3 Å². The maximum atomic E-state index is 11.6. The van der Waals surface area contributed by atoms with Crippen molar-refractivity contribution in [1.29, 1.82) is 0 Å². The summed E-state index contributed by atoms with van der Waals surface area (Å²) in [7, 11) is 1.39. The summed E-state index contributed by atoms with van der Waals surface area (Å²) in [5, 5.41) is 4.71. The minimum absolute atomic E-state index is 0.316. The molecule has 1 fully saturated rings. The Bertz CT molecular complexity index is 970. The Hall–Kier alpha value is -2.86. The van der Waals surface area contributed by atoms with Gasteiger partial charge in [0, 0.05) is 43.3 Å². The minimum Gasteiger partial charge on any atom is -0.465 e. The van der Waals surface area contributed by atoms with E-state index >= 15 is 0 Å². The lowest BCUT2D eigenvalue weighted by Crippen LogP contribution is -2.54. The molecule has 2 unspecified atom stereocenters. The van der Waals surface area contributed by atoms with E-state index in [0.717, 1.165) is 29.7 Å². The van der Waals surface area contributed by atoms with E-state index in [-0.39, 0.29) is 5.97 Å². The van der Waals surface area contributed by atoms with Crippen molar-refractivity contribution in [1.82, 2.24) is 14.9 Å². The van der Waals surface area contributed by atoms with Crippen molar-refractivity contribution < 1.29 is 9.53 Å². The molecular weight excluding hydrogens is 352 g/mol. The quantitative estimate of drug-likeness (QED) is 0.707. The number of fused-ring (bicyclic) bond motifs is 1. The predicted octanol–water partition coefficient (Wildman–Crippen LogP) is 3.06. The van der Waals surface area contributed by atoms with Crippen molar-refractivity contribution in [2.24, 2.45) is 0 Å². The van der Waals surface area contributed by atoms with E-state index in [9.17, 15) is 4.79 Å². The molecule has 1 aliphatic rings. The molecule has 1 saturated heterocycles. The van der Waals surface area contributed by atoms with E-state index in [2.05, 4.69) is 47.0 Å². The van der Waals surface area contributed by atoms with Crippen molar-refractivity contribution in [3.8, 4) is 0 Å². The van der Waals surface area contributed by atoms with Crippen LogP contribution in [0.2, 0.25) is 0 Å². The van der Waals surface area contributed by atoms with Crippen LogP contribution >= 0.6 is 0 Å². The Morgan fingerprint density at radius 3 is 2.57 bits per heavy atom. The van der Waals surface area contributed by atoms with Crippen LogP contribution in [0.1, 0.15) is 29.8 Å². The highest BCUT2D eigenvalue weighted by atomic mass is 16.5. The average Bonchev–Trinajstić information content (AvgIpc) is 3.09. The number of esters is 1. The molecule has 0 bridgehead atoms. The normalized spacial score (nSPS) is 19.8. The number of pyridine rings is 1.